The highest BCUT2D eigenvalue weighted by Gasteiger charge is 2.34. The molecule has 166 valence electrons. The summed E-state index contributed by atoms with van der Waals surface area (Å²) in [5.74, 6) is 1.46. The van der Waals surface area contributed by atoms with Gasteiger partial charge in [-0.05, 0) is 69.4 Å². The van der Waals surface area contributed by atoms with Gasteiger partial charge >= 0.3 is 0 Å². The van der Waals surface area contributed by atoms with Gasteiger partial charge in [-0.15, -0.1) is 5.10 Å². The van der Waals surface area contributed by atoms with Crippen LogP contribution in [0.15, 0.2) is 29.1 Å². The van der Waals surface area contributed by atoms with Crippen LogP contribution in [-0.4, -0.2) is 74.8 Å². The average molecular weight is 426 g/mol. The van der Waals surface area contributed by atoms with Crippen molar-refractivity contribution in [2.24, 2.45) is 0 Å². The number of ether oxygens (including phenoxy) is 1. The molecule has 0 amide bonds. The van der Waals surface area contributed by atoms with Gasteiger partial charge in [-0.1, -0.05) is 0 Å². The van der Waals surface area contributed by atoms with Gasteiger partial charge in [0.1, 0.15) is 11.8 Å². The summed E-state index contributed by atoms with van der Waals surface area (Å²) in [6, 6.07) is 7.34. The maximum Gasteiger partial charge on any atom is 0.253 e. The third-order valence-corrected chi connectivity index (χ3v) is 5.73. The van der Waals surface area contributed by atoms with Crippen molar-refractivity contribution in [3.63, 3.8) is 0 Å². The van der Waals surface area contributed by atoms with Crippen molar-refractivity contribution in [2.45, 2.75) is 39.3 Å². The second kappa shape index (κ2) is 8.39. The number of hydrogen-bond acceptors (Lipinski definition) is 7. The summed E-state index contributed by atoms with van der Waals surface area (Å²) in [5, 5.41) is 13.5. The lowest BCUT2D eigenvalue weighted by atomic mass is 10.0. The van der Waals surface area contributed by atoms with E-state index in [1.165, 1.54) is 0 Å². The zero-order valence-electron chi connectivity index (χ0n) is 18.9. The number of tetrazole rings is 1. The molecule has 1 unspecified atom stereocenters. The molecule has 0 spiro atoms. The molecule has 1 aliphatic heterocycles. The van der Waals surface area contributed by atoms with Gasteiger partial charge in [0, 0.05) is 42.6 Å². The van der Waals surface area contributed by atoms with E-state index in [1.807, 2.05) is 35.9 Å². The summed E-state index contributed by atoms with van der Waals surface area (Å²) < 4.78 is 7.49. The third-order valence-electron chi connectivity index (χ3n) is 5.73. The zero-order valence-corrected chi connectivity index (χ0v) is 18.9. The van der Waals surface area contributed by atoms with E-state index in [2.05, 4.69) is 58.1 Å². The van der Waals surface area contributed by atoms with E-state index < -0.39 is 0 Å². The average Bonchev–Trinajstić information content (AvgIpc) is 3.20. The molecular formula is C22H31N7O2. The van der Waals surface area contributed by atoms with Crippen LogP contribution in [-0.2, 0) is 5.54 Å². The molecule has 3 aromatic rings. The van der Waals surface area contributed by atoms with Crippen LogP contribution in [0.1, 0.15) is 45.1 Å². The SMILES string of the molecule is CCOc1ccc2[nH]c(=O)c(C(c3nnnn3C(C)(C)C)N3CCN(C)CC3)cc2c1. The number of aromatic amines is 1. The molecule has 1 aromatic carbocycles. The fourth-order valence-corrected chi connectivity index (χ4v) is 4.08. The summed E-state index contributed by atoms with van der Waals surface area (Å²) in [5.41, 5.74) is 0.995. The summed E-state index contributed by atoms with van der Waals surface area (Å²) in [4.78, 5) is 20.9. The Morgan fingerprint density at radius 2 is 1.90 bits per heavy atom. The van der Waals surface area contributed by atoms with Gasteiger partial charge in [0.05, 0.1) is 12.1 Å². The molecule has 1 fully saturated rings. The van der Waals surface area contributed by atoms with Crippen LogP contribution in [0.2, 0.25) is 0 Å². The lowest BCUT2D eigenvalue weighted by Crippen LogP contribution is -2.48. The molecule has 2 aromatic heterocycles. The molecule has 1 atom stereocenters. The number of H-pyrrole nitrogens is 1. The molecule has 0 radical (unpaired) electrons. The van der Waals surface area contributed by atoms with Crippen molar-refractivity contribution in [3.8, 4) is 5.75 Å². The van der Waals surface area contributed by atoms with E-state index in [4.69, 9.17) is 4.74 Å². The van der Waals surface area contributed by atoms with E-state index in [1.54, 1.807) is 0 Å². The lowest BCUT2D eigenvalue weighted by Gasteiger charge is -2.38. The molecule has 9 heteroatoms. The van der Waals surface area contributed by atoms with Crippen molar-refractivity contribution in [1.82, 2.24) is 35.0 Å². The molecule has 31 heavy (non-hydrogen) atoms. The monoisotopic (exact) mass is 425 g/mol. The fraction of sp³-hybridized carbons (Fsp3) is 0.545. The van der Waals surface area contributed by atoms with Crippen molar-refractivity contribution < 1.29 is 4.74 Å². The fourth-order valence-electron chi connectivity index (χ4n) is 4.08. The Morgan fingerprint density at radius 3 is 2.58 bits per heavy atom. The van der Waals surface area contributed by atoms with Crippen LogP contribution in [0.25, 0.3) is 10.9 Å². The Kier molecular flexibility index (Phi) is 5.81. The highest BCUT2D eigenvalue weighted by molar-refractivity contribution is 5.80. The smallest absolute Gasteiger partial charge is 0.253 e. The maximum absolute atomic E-state index is 13.2. The van der Waals surface area contributed by atoms with E-state index >= 15 is 0 Å². The number of piperazine rings is 1. The molecule has 3 heterocycles. The minimum absolute atomic E-state index is 0.121. The molecule has 0 saturated carbocycles. The Hall–Kier alpha value is -2.78. The van der Waals surface area contributed by atoms with E-state index in [9.17, 15) is 4.79 Å². The second-order valence-electron chi connectivity index (χ2n) is 9.10. The zero-order chi connectivity index (χ0) is 22.2. The minimum atomic E-state index is -0.341. The summed E-state index contributed by atoms with van der Waals surface area (Å²) in [6.45, 7) is 12.2. The quantitative estimate of drug-likeness (QED) is 0.668. The van der Waals surface area contributed by atoms with Crippen molar-refractivity contribution in [3.05, 3.63) is 46.0 Å². The van der Waals surface area contributed by atoms with Crippen LogP contribution in [0.4, 0.5) is 0 Å². The van der Waals surface area contributed by atoms with Crippen molar-refractivity contribution in [2.75, 3.05) is 39.8 Å². The van der Waals surface area contributed by atoms with Gasteiger partial charge in [-0.25, -0.2) is 4.68 Å². The number of nitrogens with one attached hydrogen (secondary N) is 1. The van der Waals surface area contributed by atoms with Crippen LogP contribution < -0.4 is 10.3 Å². The van der Waals surface area contributed by atoms with E-state index in [0.29, 0.717) is 18.0 Å². The number of likely N-dealkylation sites (N-methyl/N-ethyl adjacent to an activating group) is 1. The highest BCUT2D eigenvalue weighted by Crippen LogP contribution is 2.30. The Morgan fingerprint density at radius 1 is 1.16 bits per heavy atom. The third kappa shape index (κ3) is 4.33. The topological polar surface area (TPSA) is 92.2 Å². The maximum atomic E-state index is 13.2. The number of fused-ring (bicyclic) bond motifs is 1. The van der Waals surface area contributed by atoms with Gasteiger partial charge < -0.3 is 14.6 Å². The highest BCUT2D eigenvalue weighted by atomic mass is 16.5. The summed E-state index contributed by atoms with van der Waals surface area (Å²) in [6.07, 6.45) is 0. The molecule has 4 rings (SSSR count). The van der Waals surface area contributed by atoms with Crippen LogP contribution in [0, 0.1) is 0 Å². The lowest BCUT2D eigenvalue weighted by molar-refractivity contribution is 0.118. The number of pyridine rings is 1. The molecule has 0 bridgehead atoms. The Labute approximate surface area is 182 Å². The van der Waals surface area contributed by atoms with Gasteiger partial charge in [0.25, 0.3) is 5.56 Å². The normalized spacial score (nSPS) is 17.2. The van der Waals surface area contributed by atoms with Crippen molar-refractivity contribution >= 4 is 10.9 Å². The number of nitrogens with zero attached hydrogens (tertiary/aromatic N) is 6. The van der Waals surface area contributed by atoms with Crippen LogP contribution in [0.5, 0.6) is 5.75 Å². The largest absolute Gasteiger partial charge is 0.494 e. The predicted octanol–water partition coefficient (Wildman–Crippen LogP) is 2.01. The standard InChI is InChI=1S/C22H31N7O2/c1-6-31-16-7-8-18-15(13-16)14-17(21(30)23-18)19(28-11-9-27(5)10-12-28)20-24-25-26-29(20)22(2,3)4/h7-8,13-14,19H,6,9-12H2,1-5H3,(H,23,30). The molecular weight excluding hydrogens is 394 g/mol. The molecule has 9 nitrogen and oxygen atoms in total. The first kappa shape index (κ1) is 21.5. The van der Waals surface area contributed by atoms with Gasteiger partial charge in [-0.2, -0.15) is 0 Å². The van der Waals surface area contributed by atoms with Gasteiger partial charge in [-0.3, -0.25) is 9.69 Å². The first-order valence-electron chi connectivity index (χ1n) is 10.8. The number of rotatable bonds is 5. The summed E-state index contributed by atoms with van der Waals surface area (Å²) in [7, 11) is 2.11. The first-order chi connectivity index (χ1) is 14.8. The number of aromatic nitrogens is 5. The number of benzene rings is 1. The summed E-state index contributed by atoms with van der Waals surface area (Å²) >= 11 is 0. The Bertz CT molecular complexity index is 1110. The number of hydrogen-bond donors (Lipinski definition) is 1. The second-order valence-corrected chi connectivity index (χ2v) is 9.10. The van der Waals surface area contributed by atoms with Gasteiger partial charge in [0.2, 0.25) is 0 Å². The van der Waals surface area contributed by atoms with Gasteiger partial charge in [0.15, 0.2) is 5.82 Å². The van der Waals surface area contributed by atoms with E-state index in [-0.39, 0.29) is 17.1 Å². The molecule has 0 aliphatic carbocycles. The van der Waals surface area contributed by atoms with E-state index in [0.717, 1.165) is 42.8 Å². The minimum Gasteiger partial charge on any atom is -0.494 e. The first-order valence-corrected chi connectivity index (χ1v) is 10.8. The van der Waals surface area contributed by atoms with Crippen LogP contribution >= 0.6 is 0 Å². The van der Waals surface area contributed by atoms with Crippen molar-refractivity contribution in [1.29, 1.82) is 0 Å². The molecule has 1 aliphatic rings. The molecule has 1 saturated heterocycles. The van der Waals surface area contributed by atoms with Crippen LogP contribution in [0.3, 0.4) is 0 Å². The Balaban J connectivity index is 1.87. The predicted molar refractivity (Wildman–Crippen MR) is 119 cm³/mol. The molecule has 1 N–H and O–H groups in total.